The molecule has 0 fully saturated rings. The Morgan fingerprint density at radius 3 is 2.29 bits per heavy atom. The third-order valence-electron chi connectivity index (χ3n) is 5.07. The molecule has 0 bridgehead atoms. The monoisotopic (exact) mass is 394 g/mol. The van der Waals surface area contributed by atoms with Gasteiger partial charge in [0, 0.05) is 5.02 Å². The minimum atomic E-state index is -1.09. The fourth-order valence-electron chi connectivity index (χ4n) is 3.52. The van der Waals surface area contributed by atoms with Crippen LogP contribution in [0.2, 0.25) is 5.02 Å². The summed E-state index contributed by atoms with van der Waals surface area (Å²) in [6.45, 7) is 3.86. The highest BCUT2D eigenvalue weighted by molar-refractivity contribution is 6.30. The molecule has 3 aromatic rings. The van der Waals surface area contributed by atoms with Crippen molar-refractivity contribution in [2.45, 2.75) is 25.7 Å². The number of para-hydroxylation sites is 1. The lowest BCUT2D eigenvalue weighted by atomic mass is 9.68. The molecule has 4 heteroatoms. The average Bonchev–Trinajstić information content (AvgIpc) is 2.66. The van der Waals surface area contributed by atoms with Crippen molar-refractivity contribution in [3.63, 3.8) is 0 Å². The van der Waals surface area contributed by atoms with Crippen LogP contribution in [0.25, 0.3) is 0 Å². The van der Waals surface area contributed by atoms with Crippen molar-refractivity contribution in [1.82, 2.24) is 0 Å². The quantitative estimate of drug-likeness (QED) is 0.507. The van der Waals surface area contributed by atoms with E-state index in [-0.39, 0.29) is 5.92 Å². The lowest BCUT2D eigenvalue weighted by Crippen LogP contribution is -2.43. The van der Waals surface area contributed by atoms with Gasteiger partial charge in [-0.1, -0.05) is 67.9 Å². The first-order valence-electron chi connectivity index (χ1n) is 9.23. The zero-order chi connectivity index (χ0) is 20.1. The second-order valence-corrected chi connectivity index (χ2v) is 7.62. The number of rotatable bonds is 7. The molecular weight excluding hydrogens is 372 g/mol. The van der Waals surface area contributed by atoms with Crippen LogP contribution in [0.4, 0.5) is 0 Å². The molecule has 28 heavy (non-hydrogen) atoms. The van der Waals surface area contributed by atoms with Crippen LogP contribution < -0.4 is 4.74 Å². The van der Waals surface area contributed by atoms with Crippen molar-refractivity contribution >= 4 is 17.6 Å². The average molecular weight is 395 g/mol. The van der Waals surface area contributed by atoms with E-state index in [0.29, 0.717) is 22.8 Å². The van der Waals surface area contributed by atoms with E-state index in [2.05, 4.69) is 0 Å². The minimum Gasteiger partial charge on any atom is -0.481 e. The minimum absolute atomic E-state index is 0.137. The summed E-state index contributed by atoms with van der Waals surface area (Å²) in [4.78, 5) is 12.5. The molecule has 144 valence electrons. The molecule has 0 aliphatic carbocycles. The summed E-state index contributed by atoms with van der Waals surface area (Å²) in [6, 6.07) is 24.2. The van der Waals surface area contributed by atoms with Crippen LogP contribution in [0, 0.1) is 5.92 Å². The predicted octanol–water partition coefficient (Wildman–Crippen LogP) is 6.35. The van der Waals surface area contributed by atoms with Gasteiger partial charge in [-0.05, 0) is 59.9 Å². The highest BCUT2D eigenvalue weighted by Crippen LogP contribution is 2.38. The summed E-state index contributed by atoms with van der Waals surface area (Å²) in [5.41, 5.74) is 0.511. The maximum absolute atomic E-state index is 12.5. The molecule has 0 aromatic heterocycles. The van der Waals surface area contributed by atoms with Gasteiger partial charge in [0.1, 0.15) is 11.5 Å². The van der Waals surface area contributed by atoms with Crippen LogP contribution in [0.3, 0.4) is 0 Å². The van der Waals surface area contributed by atoms with Crippen molar-refractivity contribution < 1.29 is 14.6 Å². The molecule has 0 aliphatic heterocycles. The van der Waals surface area contributed by atoms with Crippen LogP contribution >= 0.6 is 11.6 Å². The van der Waals surface area contributed by atoms with Crippen LogP contribution in [0.1, 0.15) is 25.0 Å². The summed E-state index contributed by atoms with van der Waals surface area (Å²) in [6.07, 6.45) is 0.340. The Balaban J connectivity index is 1.97. The molecule has 0 spiro atoms. The number of aliphatic carboxylic acids is 1. The smallest absolute Gasteiger partial charge is 0.314 e. The summed E-state index contributed by atoms with van der Waals surface area (Å²) in [5, 5.41) is 10.8. The normalized spacial score (nSPS) is 13.1. The molecule has 1 N–H and O–H groups in total. The lowest BCUT2D eigenvalue weighted by molar-refractivity contribution is -0.145. The van der Waals surface area contributed by atoms with Crippen molar-refractivity contribution in [3.05, 3.63) is 95.0 Å². The summed E-state index contributed by atoms with van der Waals surface area (Å²) in [7, 11) is 0. The second-order valence-electron chi connectivity index (χ2n) is 7.18. The van der Waals surface area contributed by atoms with Gasteiger partial charge in [0.15, 0.2) is 0 Å². The Labute approximate surface area is 170 Å². The van der Waals surface area contributed by atoms with E-state index in [0.717, 1.165) is 11.3 Å². The SMILES string of the molecule is CC(C)C(Cc1cccc(Oc2ccccc2)c1)(C(=O)O)c1cccc(Cl)c1. The van der Waals surface area contributed by atoms with Gasteiger partial charge in [0.2, 0.25) is 0 Å². The molecule has 0 radical (unpaired) electrons. The Bertz CT molecular complexity index is 953. The van der Waals surface area contributed by atoms with Crippen LogP contribution in [-0.2, 0) is 16.6 Å². The standard InChI is InChI=1S/C24H23ClO3/c1-17(2)24(23(26)27,19-9-7-10-20(25)15-19)16-18-8-6-13-22(14-18)28-21-11-4-3-5-12-21/h3-15,17H,16H2,1-2H3,(H,26,27). The van der Waals surface area contributed by atoms with Crippen molar-refractivity contribution in [2.75, 3.05) is 0 Å². The fourth-order valence-corrected chi connectivity index (χ4v) is 3.71. The second kappa shape index (κ2) is 8.49. The predicted molar refractivity (Wildman–Crippen MR) is 112 cm³/mol. The molecule has 3 rings (SSSR count). The van der Waals surface area contributed by atoms with Crippen LogP contribution in [-0.4, -0.2) is 11.1 Å². The number of hydrogen-bond acceptors (Lipinski definition) is 2. The van der Waals surface area contributed by atoms with Gasteiger partial charge in [0.05, 0.1) is 5.41 Å². The van der Waals surface area contributed by atoms with Gasteiger partial charge < -0.3 is 9.84 Å². The first-order valence-corrected chi connectivity index (χ1v) is 9.61. The molecule has 0 amide bonds. The van der Waals surface area contributed by atoms with Gasteiger partial charge in [-0.15, -0.1) is 0 Å². The summed E-state index contributed by atoms with van der Waals surface area (Å²) >= 11 is 6.17. The van der Waals surface area contributed by atoms with Gasteiger partial charge >= 0.3 is 5.97 Å². The van der Waals surface area contributed by atoms with E-state index in [1.54, 1.807) is 18.2 Å². The number of hydrogen-bond donors (Lipinski definition) is 1. The van der Waals surface area contributed by atoms with Crippen LogP contribution in [0.15, 0.2) is 78.9 Å². The molecule has 3 aromatic carbocycles. The molecule has 0 saturated carbocycles. The van der Waals surface area contributed by atoms with Gasteiger partial charge in [-0.25, -0.2) is 0 Å². The molecule has 0 heterocycles. The number of halogens is 1. The van der Waals surface area contributed by atoms with E-state index < -0.39 is 11.4 Å². The Morgan fingerprint density at radius 2 is 1.64 bits per heavy atom. The fraction of sp³-hybridized carbons (Fsp3) is 0.208. The zero-order valence-electron chi connectivity index (χ0n) is 15.9. The maximum atomic E-state index is 12.5. The molecular formula is C24H23ClO3. The molecule has 1 unspecified atom stereocenters. The van der Waals surface area contributed by atoms with Crippen molar-refractivity contribution in [1.29, 1.82) is 0 Å². The van der Waals surface area contributed by atoms with Crippen molar-refractivity contribution in [3.8, 4) is 11.5 Å². The van der Waals surface area contributed by atoms with Crippen molar-refractivity contribution in [2.24, 2.45) is 5.92 Å². The number of ether oxygens (including phenoxy) is 1. The van der Waals surface area contributed by atoms with E-state index >= 15 is 0 Å². The number of carboxylic acids is 1. The van der Waals surface area contributed by atoms with Gasteiger partial charge in [-0.2, -0.15) is 0 Å². The first-order chi connectivity index (χ1) is 13.4. The Hall–Kier alpha value is -2.78. The molecule has 0 aliphatic rings. The maximum Gasteiger partial charge on any atom is 0.314 e. The van der Waals surface area contributed by atoms with E-state index in [4.69, 9.17) is 16.3 Å². The topological polar surface area (TPSA) is 46.5 Å². The zero-order valence-corrected chi connectivity index (χ0v) is 16.7. The molecule has 1 atom stereocenters. The molecule has 0 saturated heterocycles. The summed E-state index contributed by atoms with van der Waals surface area (Å²) in [5.74, 6) is 0.419. The highest BCUT2D eigenvalue weighted by Gasteiger charge is 2.43. The van der Waals surface area contributed by atoms with E-state index in [1.807, 2.05) is 74.5 Å². The third-order valence-corrected chi connectivity index (χ3v) is 5.30. The van der Waals surface area contributed by atoms with Gasteiger partial charge in [0.25, 0.3) is 0 Å². The highest BCUT2D eigenvalue weighted by atomic mass is 35.5. The number of benzene rings is 3. The lowest BCUT2D eigenvalue weighted by Gasteiger charge is -2.34. The van der Waals surface area contributed by atoms with E-state index in [1.165, 1.54) is 0 Å². The number of carboxylic acid groups (broad SMARTS) is 1. The largest absolute Gasteiger partial charge is 0.481 e. The van der Waals surface area contributed by atoms with Crippen LogP contribution in [0.5, 0.6) is 11.5 Å². The number of carbonyl (C=O) groups is 1. The first kappa shape index (κ1) is 20.0. The van der Waals surface area contributed by atoms with E-state index in [9.17, 15) is 9.90 Å². The third kappa shape index (κ3) is 4.20. The Morgan fingerprint density at radius 1 is 0.964 bits per heavy atom. The Kier molecular flexibility index (Phi) is 6.05. The molecule has 3 nitrogen and oxygen atoms in total. The summed E-state index contributed by atoms with van der Waals surface area (Å²) < 4.78 is 5.91. The van der Waals surface area contributed by atoms with Gasteiger partial charge in [-0.3, -0.25) is 4.79 Å².